The molecule has 0 saturated heterocycles. The molecule has 1 aromatic rings. The van der Waals surface area contributed by atoms with Gasteiger partial charge in [0.15, 0.2) is 0 Å². The Balaban J connectivity index is 1.73. The standard InChI is InChI=1S/C21H29FN2O/c1-17(25)24(16-18-7-5-13-23(15-18)14-6-12-22)21-11-4-9-19-8-2-3-10-20(19)21/h2-3,7-8,10,21H,4-6,9,11-16H2,1H3/t21-/m0/s1. The van der Waals surface area contributed by atoms with Gasteiger partial charge in [0.05, 0.1) is 12.7 Å². The van der Waals surface area contributed by atoms with Crippen molar-refractivity contribution in [1.29, 1.82) is 0 Å². The average molecular weight is 344 g/mol. The minimum Gasteiger partial charge on any atom is -0.332 e. The zero-order valence-corrected chi connectivity index (χ0v) is 15.2. The first-order valence-electron chi connectivity index (χ1n) is 9.50. The number of halogens is 1. The van der Waals surface area contributed by atoms with Gasteiger partial charge in [0.1, 0.15) is 0 Å². The van der Waals surface area contributed by atoms with Gasteiger partial charge < -0.3 is 4.90 Å². The van der Waals surface area contributed by atoms with Gasteiger partial charge in [0.2, 0.25) is 5.91 Å². The summed E-state index contributed by atoms with van der Waals surface area (Å²) in [7, 11) is 0. The maximum atomic E-state index is 12.5. The summed E-state index contributed by atoms with van der Waals surface area (Å²) < 4.78 is 12.5. The third kappa shape index (κ3) is 4.49. The SMILES string of the molecule is CC(=O)N(CC1=CCCN(CCCF)C1)[C@H]1CCCc2ccccc21. The van der Waals surface area contributed by atoms with Crippen molar-refractivity contribution in [2.45, 2.75) is 45.1 Å². The van der Waals surface area contributed by atoms with E-state index in [4.69, 9.17) is 0 Å². The minimum atomic E-state index is -0.256. The Bertz CT molecular complexity index is 628. The molecule has 1 heterocycles. The number of benzene rings is 1. The first kappa shape index (κ1) is 18.1. The molecule has 1 aliphatic heterocycles. The molecule has 0 N–H and O–H groups in total. The third-order valence-electron chi connectivity index (χ3n) is 5.40. The molecule has 0 unspecified atom stereocenters. The quantitative estimate of drug-likeness (QED) is 0.731. The third-order valence-corrected chi connectivity index (χ3v) is 5.40. The van der Waals surface area contributed by atoms with Crippen molar-refractivity contribution in [3.8, 4) is 0 Å². The first-order valence-corrected chi connectivity index (χ1v) is 9.50. The molecule has 1 aromatic carbocycles. The normalized spacial score (nSPS) is 20.7. The number of hydrogen-bond acceptors (Lipinski definition) is 2. The van der Waals surface area contributed by atoms with Gasteiger partial charge in [-0.25, -0.2) is 0 Å². The van der Waals surface area contributed by atoms with E-state index in [-0.39, 0.29) is 18.6 Å². The second kappa shape index (κ2) is 8.61. The highest BCUT2D eigenvalue weighted by Crippen LogP contribution is 2.35. The molecule has 0 bridgehead atoms. The molecule has 0 fully saturated rings. The number of fused-ring (bicyclic) bond motifs is 1. The number of nitrogens with zero attached hydrogens (tertiary/aromatic N) is 2. The van der Waals surface area contributed by atoms with Gasteiger partial charge in [-0.1, -0.05) is 30.3 Å². The maximum absolute atomic E-state index is 12.5. The highest BCUT2D eigenvalue weighted by atomic mass is 19.1. The lowest BCUT2D eigenvalue weighted by molar-refractivity contribution is -0.131. The van der Waals surface area contributed by atoms with Crippen molar-refractivity contribution in [3.05, 3.63) is 47.0 Å². The fourth-order valence-corrected chi connectivity index (χ4v) is 4.18. The molecule has 25 heavy (non-hydrogen) atoms. The second-order valence-electron chi connectivity index (χ2n) is 7.22. The van der Waals surface area contributed by atoms with E-state index in [1.807, 2.05) is 4.90 Å². The Hall–Kier alpha value is -1.68. The topological polar surface area (TPSA) is 23.6 Å². The van der Waals surface area contributed by atoms with Crippen LogP contribution < -0.4 is 0 Å². The first-order chi connectivity index (χ1) is 12.2. The summed E-state index contributed by atoms with van der Waals surface area (Å²) in [5.74, 6) is 0.142. The smallest absolute Gasteiger partial charge is 0.220 e. The predicted molar refractivity (Wildman–Crippen MR) is 99.2 cm³/mol. The second-order valence-corrected chi connectivity index (χ2v) is 7.22. The molecule has 3 nitrogen and oxygen atoms in total. The molecule has 1 aliphatic carbocycles. The Morgan fingerprint density at radius 3 is 3.00 bits per heavy atom. The Morgan fingerprint density at radius 2 is 2.20 bits per heavy atom. The molecule has 0 radical (unpaired) electrons. The molecule has 2 aliphatic rings. The van der Waals surface area contributed by atoms with Crippen LogP contribution in [0, 0.1) is 0 Å². The molecule has 0 spiro atoms. The van der Waals surface area contributed by atoms with Crippen molar-refractivity contribution >= 4 is 5.91 Å². The van der Waals surface area contributed by atoms with Crippen LogP contribution >= 0.6 is 0 Å². The van der Waals surface area contributed by atoms with Gasteiger partial charge in [-0.05, 0) is 48.8 Å². The number of aryl methyl sites for hydroxylation is 1. The zero-order valence-electron chi connectivity index (χ0n) is 15.2. The van der Waals surface area contributed by atoms with Gasteiger partial charge in [-0.2, -0.15) is 0 Å². The molecular formula is C21H29FN2O. The minimum absolute atomic E-state index is 0.142. The number of amides is 1. The molecule has 0 aromatic heterocycles. The zero-order chi connectivity index (χ0) is 17.6. The van der Waals surface area contributed by atoms with E-state index in [2.05, 4.69) is 35.2 Å². The predicted octanol–water partition coefficient (Wildman–Crippen LogP) is 3.90. The van der Waals surface area contributed by atoms with Crippen molar-refractivity contribution in [1.82, 2.24) is 9.80 Å². The summed E-state index contributed by atoms with van der Waals surface area (Å²) >= 11 is 0. The molecule has 1 amide bonds. The number of rotatable bonds is 6. The molecule has 136 valence electrons. The van der Waals surface area contributed by atoms with Crippen molar-refractivity contribution < 1.29 is 9.18 Å². The van der Waals surface area contributed by atoms with Gasteiger partial charge >= 0.3 is 0 Å². The van der Waals surface area contributed by atoms with Gasteiger partial charge in [-0.15, -0.1) is 0 Å². The average Bonchev–Trinajstić information content (AvgIpc) is 2.64. The number of alkyl halides is 1. The lowest BCUT2D eigenvalue weighted by Gasteiger charge is -2.37. The van der Waals surface area contributed by atoms with Crippen LogP contribution in [-0.4, -0.2) is 48.6 Å². The Labute approximate surface area is 150 Å². The highest BCUT2D eigenvalue weighted by molar-refractivity contribution is 5.74. The summed E-state index contributed by atoms with van der Waals surface area (Å²) in [6.45, 7) is 4.78. The van der Waals surface area contributed by atoms with Crippen molar-refractivity contribution in [2.75, 3.05) is 32.9 Å². The number of carbonyl (C=O) groups is 1. The largest absolute Gasteiger partial charge is 0.332 e. The fraction of sp³-hybridized carbons (Fsp3) is 0.571. The molecule has 3 rings (SSSR count). The van der Waals surface area contributed by atoms with E-state index >= 15 is 0 Å². The van der Waals surface area contributed by atoms with Crippen LogP contribution in [0.4, 0.5) is 4.39 Å². The van der Waals surface area contributed by atoms with Crippen LogP contribution in [0.1, 0.15) is 49.8 Å². The summed E-state index contributed by atoms with van der Waals surface area (Å²) in [6, 6.07) is 8.72. The lowest BCUT2D eigenvalue weighted by atomic mass is 9.86. The van der Waals surface area contributed by atoms with Crippen LogP contribution in [0.3, 0.4) is 0 Å². The Morgan fingerprint density at radius 1 is 1.36 bits per heavy atom. The number of carbonyl (C=O) groups excluding carboxylic acids is 1. The van der Waals surface area contributed by atoms with E-state index < -0.39 is 0 Å². The highest BCUT2D eigenvalue weighted by Gasteiger charge is 2.28. The Kier molecular flexibility index (Phi) is 6.24. The van der Waals surface area contributed by atoms with E-state index in [9.17, 15) is 9.18 Å². The van der Waals surface area contributed by atoms with Crippen LogP contribution in [0.15, 0.2) is 35.9 Å². The van der Waals surface area contributed by atoms with Crippen molar-refractivity contribution in [3.63, 3.8) is 0 Å². The van der Waals surface area contributed by atoms with Crippen LogP contribution in [0.5, 0.6) is 0 Å². The van der Waals surface area contributed by atoms with E-state index in [1.165, 1.54) is 16.7 Å². The van der Waals surface area contributed by atoms with Gasteiger partial charge in [-0.3, -0.25) is 14.1 Å². The van der Waals surface area contributed by atoms with Crippen LogP contribution in [0.2, 0.25) is 0 Å². The van der Waals surface area contributed by atoms with E-state index in [0.29, 0.717) is 13.0 Å². The summed E-state index contributed by atoms with van der Waals surface area (Å²) in [4.78, 5) is 16.8. The van der Waals surface area contributed by atoms with Crippen LogP contribution in [-0.2, 0) is 11.2 Å². The van der Waals surface area contributed by atoms with Gasteiger partial charge in [0, 0.05) is 33.1 Å². The molecule has 4 heteroatoms. The lowest BCUT2D eigenvalue weighted by Crippen LogP contribution is -2.40. The summed E-state index contributed by atoms with van der Waals surface area (Å²) in [5, 5.41) is 0. The maximum Gasteiger partial charge on any atom is 0.220 e. The van der Waals surface area contributed by atoms with E-state index in [0.717, 1.165) is 45.3 Å². The molecule has 0 saturated carbocycles. The van der Waals surface area contributed by atoms with Crippen molar-refractivity contribution in [2.24, 2.45) is 0 Å². The molecular weight excluding hydrogens is 315 g/mol. The monoisotopic (exact) mass is 344 g/mol. The van der Waals surface area contributed by atoms with Crippen LogP contribution in [0.25, 0.3) is 0 Å². The number of hydrogen-bond donors (Lipinski definition) is 0. The molecule has 1 atom stereocenters. The summed E-state index contributed by atoms with van der Waals surface area (Å²) in [6.07, 6.45) is 7.14. The van der Waals surface area contributed by atoms with E-state index in [1.54, 1.807) is 6.92 Å². The fourth-order valence-electron chi connectivity index (χ4n) is 4.18. The summed E-state index contributed by atoms with van der Waals surface area (Å²) in [5.41, 5.74) is 3.99. The van der Waals surface area contributed by atoms with Gasteiger partial charge in [0.25, 0.3) is 0 Å².